The molecule has 2 N–H and O–H groups in total. The first-order chi connectivity index (χ1) is 9.63. The Morgan fingerprint density at radius 3 is 2.70 bits per heavy atom. The van der Waals surface area contributed by atoms with Crippen LogP contribution in [0.4, 0.5) is 0 Å². The lowest BCUT2D eigenvalue weighted by Crippen LogP contribution is -2.23. The van der Waals surface area contributed by atoms with Gasteiger partial charge in [0.15, 0.2) is 0 Å². The molecule has 4 nitrogen and oxygen atoms in total. The molecule has 2 aromatic rings. The lowest BCUT2D eigenvalue weighted by atomic mass is 10.2. The quantitative estimate of drug-likeness (QED) is 0.834. The molecular weight excluding hydrogens is 297 g/mol. The third-order valence-electron chi connectivity index (χ3n) is 2.53. The van der Waals surface area contributed by atoms with Crippen molar-refractivity contribution in [2.75, 3.05) is 6.54 Å². The maximum Gasteiger partial charge on any atom is 0.244 e. The van der Waals surface area contributed by atoms with Gasteiger partial charge in [-0.15, -0.1) is 0 Å². The number of hydrogen-bond donors (Lipinski definition) is 2. The zero-order valence-corrected chi connectivity index (χ0v) is 12.1. The second-order valence-electron chi connectivity index (χ2n) is 4.11. The van der Waals surface area contributed by atoms with Crippen molar-refractivity contribution >= 4 is 35.2 Å². The Bertz CT molecular complexity index is 589. The van der Waals surface area contributed by atoms with Crippen molar-refractivity contribution < 1.29 is 4.79 Å². The van der Waals surface area contributed by atoms with Gasteiger partial charge in [-0.3, -0.25) is 4.79 Å². The summed E-state index contributed by atoms with van der Waals surface area (Å²) in [4.78, 5) is 18.7. The van der Waals surface area contributed by atoms with E-state index in [0.717, 1.165) is 11.4 Å². The first kappa shape index (κ1) is 14.6. The summed E-state index contributed by atoms with van der Waals surface area (Å²) in [5, 5.41) is 3.84. The fourth-order valence-corrected chi connectivity index (χ4v) is 2.18. The molecule has 20 heavy (non-hydrogen) atoms. The maximum absolute atomic E-state index is 11.6. The summed E-state index contributed by atoms with van der Waals surface area (Å²) in [6, 6.07) is 5.12. The van der Waals surface area contributed by atoms with Gasteiger partial charge in [-0.25, -0.2) is 4.98 Å². The highest BCUT2D eigenvalue weighted by molar-refractivity contribution is 6.34. The number of aromatic nitrogens is 2. The van der Waals surface area contributed by atoms with Crippen LogP contribution in [0.15, 0.2) is 36.7 Å². The Labute approximate surface area is 126 Å². The number of carbonyl (C=O) groups excluding carboxylic acids is 1. The molecule has 0 aliphatic rings. The predicted molar refractivity (Wildman–Crippen MR) is 80.8 cm³/mol. The second kappa shape index (κ2) is 7.12. The summed E-state index contributed by atoms with van der Waals surface area (Å²) in [5.41, 5.74) is 0.781. The molecule has 0 bridgehead atoms. The standard InChI is InChI=1S/C14H13Cl2N3O/c15-11-7-10(8-12(16)9-11)1-2-14(20)19-4-3-13-17-5-6-18-13/h1-2,5-9H,3-4H2,(H,17,18)(H,19,20)/b2-1+. The van der Waals surface area contributed by atoms with Crippen molar-refractivity contribution in [3.63, 3.8) is 0 Å². The Morgan fingerprint density at radius 1 is 1.30 bits per heavy atom. The van der Waals surface area contributed by atoms with Crippen molar-refractivity contribution in [1.82, 2.24) is 15.3 Å². The van der Waals surface area contributed by atoms with Crippen LogP contribution in [0, 0.1) is 0 Å². The van der Waals surface area contributed by atoms with E-state index in [1.54, 1.807) is 36.7 Å². The number of amides is 1. The highest BCUT2D eigenvalue weighted by Crippen LogP contribution is 2.19. The minimum absolute atomic E-state index is 0.173. The number of nitrogens with one attached hydrogen (secondary N) is 2. The van der Waals surface area contributed by atoms with Crippen molar-refractivity contribution in [2.24, 2.45) is 0 Å². The highest BCUT2D eigenvalue weighted by atomic mass is 35.5. The van der Waals surface area contributed by atoms with Crippen LogP contribution >= 0.6 is 23.2 Å². The second-order valence-corrected chi connectivity index (χ2v) is 4.99. The van der Waals surface area contributed by atoms with E-state index < -0.39 is 0 Å². The molecule has 0 saturated heterocycles. The maximum atomic E-state index is 11.6. The van der Waals surface area contributed by atoms with Crippen LogP contribution in [0.3, 0.4) is 0 Å². The van der Waals surface area contributed by atoms with Crippen LogP contribution < -0.4 is 5.32 Å². The normalized spacial score (nSPS) is 10.9. The number of benzene rings is 1. The molecule has 1 aromatic heterocycles. The molecule has 1 amide bonds. The molecule has 0 spiro atoms. The molecule has 0 saturated carbocycles. The van der Waals surface area contributed by atoms with Crippen LogP contribution in [0.25, 0.3) is 6.08 Å². The molecule has 0 aliphatic heterocycles. The number of rotatable bonds is 5. The van der Waals surface area contributed by atoms with Crippen LogP contribution in [0.5, 0.6) is 0 Å². The monoisotopic (exact) mass is 309 g/mol. The summed E-state index contributed by atoms with van der Waals surface area (Å²) in [5.74, 6) is 0.670. The van der Waals surface area contributed by atoms with Crippen LogP contribution in [0.2, 0.25) is 10.0 Å². The molecule has 0 unspecified atom stereocenters. The summed E-state index contributed by atoms with van der Waals surface area (Å²) >= 11 is 11.8. The van der Waals surface area contributed by atoms with Crippen LogP contribution in [0.1, 0.15) is 11.4 Å². The lowest BCUT2D eigenvalue weighted by molar-refractivity contribution is -0.116. The molecule has 6 heteroatoms. The van der Waals surface area contributed by atoms with E-state index in [0.29, 0.717) is 23.0 Å². The van der Waals surface area contributed by atoms with Crippen molar-refractivity contribution in [3.8, 4) is 0 Å². The summed E-state index contributed by atoms with van der Waals surface area (Å²) in [6.45, 7) is 0.521. The summed E-state index contributed by atoms with van der Waals surface area (Å²) in [7, 11) is 0. The van der Waals surface area contributed by atoms with Gasteiger partial charge < -0.3 is 10.3 Å². The van der Waals surface area contributed by atoms with Gasteiger partial charge in [0, 0.05) is 41.5 Å². The largest absolute Gasteiger partial charge is 0.352 e. The first-order valence-electron chi connectivity index (χ1n) is 6.04. The molecule has 0 radical (unpaired) electrons. The van der Waals surface area contributed by atoms with E-state index in [-0.39, 0.29) is 5.91 Å². The molecule has 2 rings (SSSR count). The first-order valence-corrected chi connectivity index (χ1v) is 6.79. The van der Waals surface area contributed by atoms with Crippen molar-refractivity contribution in [2.45, 2.75) is 6.42 Å². The third-order valence-corrected chi connectivity index (χ3v) is 2.96. The summed E-state index contributed by atoms with van der Waals surface area (Å²) < 4.78 is 0. The molecular formula is C14H13Cl2N3O. The van der Waals surface area contributed by atoms with Gasteiger partial charge in [0.1, 0.15) is 5.82 Å². The number of nitrogens with zero attached hydrogens (tertiary/aromatic N) is 1. The predicted octanol–water partition coefficient (Wildman–Crippen LogP) is 3.09. The van der Waals surface area contributed by atoms with Gasteiger partial charge in [0.25, 0.3) is 0 Å². The smallest absolute Gasteiger partial charge is 0.244 e. The molecule has 0 aliphatic carbocycles. The zero-order chi connectivity index (χ0) is 14.4. The molecule has 0 atom stereocenters. The fraction of sp³-hybridized carbons (Fsp3) is 0.143. The summed E-state index contributed by atoms with van der Waals surface area (Å²) in [6.07, 6.45) is 7.21. The van der Waals surface area contributed by atoms with Gasteiger partial charge >= 0.3 is 0 Å². The van der Waals surface area contributed by atoms with E-state index in [1.165, 1.54) is 6.08 Å². The fourth-order valence-electron chi connectivity index (χ4n) is 1.64. The number of aromatic amines is 1. The molecule has 104 valence electrons. The Balaban J connectivity index is 1.82. The Hall–Kier alpha value is -1.78. The topological polar surface area (TPSA) is 57.8 Å². The van der Waals surface area contributed by atoms with Crippen molar-refractivity contribution in [1.29, 1.82) is 0 Å². The number of H-pyrrole nitrogens is 1. The number of hydrogen-bond acceptors (Lipinski definition) is 2. The van der Waals surface area contributed by atoms with Gasteiger partial charge in [0.2, 0.25) is 5.91 Å². The van der Waals surface area contributed by atoms with E-state index in [4.69, 9.17) is 23.2 Å². The SMILES string of the molecule is O=C(/C=C/c1cc(Cl)cc(Cl)c1)NCCc1ncc[nH]1. The van der Waals surface area contributed by atoms with Crippen LogP contribution in [-0.2, 0) is 11.2 Å². The number of carbonyl (C=O) groups is 1. The minimum Gasteiger partial charge on any atom is -0.352 e. The van der Waals surface area contributed by atoms with Crippen molar-refractivity contribution in [3.05, 3.63) is 58.1 Å². The van der Waals surface area contributed by atoms with E-state index in [2.05, 4.69) is 15.3 Å². The van der Waals surface area contributed by atoms with Gasteiger partial charge in [-0.05, 0) is 29.8 Å². The van der Waals surface area contributed by atoms with Crippen LogP contribution in [-0.4, -0.2) is 22.4 Å². The average Bonchev–Trinajstić information content (AvgIpc) is 2.88. The minimum atomic E-state index is -0.173. The van der Waals surface area contributed by atoms with E-state index in [1.807, 2.05) is 0 Å². The third kappa shape index (κ3) is 4.72. The Morgan fingerprint density at radius 2 is 2.05 bits per heavy atom. The molecule has 0 fully saturated rings. The lowest BCUT2D eigenvalue weighted by Gasteiger charge is -2.00. The average molecular weight is 310 g/mol. The molecule has 1 heterocycles. The van der Waals surface area contributed by atoms with E-state index >= 15 is 0 Å². The van der Waals surface area contributed by atoms with E-state index in [9.17, 15) is 4.79 Å². The Kier molecular flexibility index (Phi) is 5.21. The zero-order valence-electron chi connectivity index (χ0n) is 10.6. The highest BCUT2D eigenvalue weighted by Gasteiger charge is 1.99. The van der Waals surface area contributed by atoms with Gasteiger partial charge in [-0.1, -0.05) is 23.2 Å². The number of imidazole rings is 1. The van der Waals surface area contributed by atoms with Gasteiger partial charge in [0.05, 0.1) is 0 Å². The number of halogens is 2. The van der Waals surface area contributed by atoms with Gasteiger partial charge in [-0.2, -0.15) is 0 Å². The molecule has 1 aromatic carbocycles.